The molecule has 0 aliphatic heterocycles. The van der Waals surface area contributed by atoms with Gasteiger partial charge in [-0.1, -0.05) is 6.92 Å². The third-order valence-corrected chi connectivity index (χ3v) is 3.26. The molecule has 1 aliphatic rings. The summed E-state index contributed by atoms with van der Waals surface area (Å²) in [5.74, 6) is 0.576. The molecule has 6 nitrogen and oxygen atoms in total. The number of nitro benzene ring substituents is 1. The maximum atomic E-state index is 11.6. The molecule has 1 fully saturated rings. The van der Waals surface area contributed by atoms with Crippen molar-refractivity contribution < 1.29 is 19.2 Å². The molecule has 1 saturated carbocycles. The first kappa shape index (κ1) is 13.3. The van der Waals surface area contributed by atoms with Gasteiger partial charge in [0.2, 0.25) is 0 Å². The summed E-state index contributed by atoms with van der Waals surface area (Å²) in [6, 6.07) is 4.22. The Morgan fingerprint density at radius 2 is 2.21 bits per heavy atom. The lowest BCUT2D eigenvalue weighted by Gasteiger charge is -2.09. The van der Waals surface area contributed by atoms with E-state index in [4.69, 9.17) is 9.47 Å². The Hall–Kier alpha value is -2.11. The van der Waals surface area contributed by atoms with Crippen LogP contribution in [0, 0.1) is 22.0 Å². The highest BCUT2D eigenvalue weighted by atomic mass is 16.6. The zero-order chi connectivity index (χ0) is 14.0. The van der Waals surface area contributed by atoms with Crippen LogP contribution >= 0.6 is 0 Å². The fourth-order valence-corrected chi connectivity index (χ4v) is 1.90. The molecule has 0 amide bonds. The van der Waals surface area contributed by atoms with Crippen LogP contribution < -0.4 is 4.74 Å². The average molecular weight is 265 g/mol. The van der Waals surface area contributed by atoms with Gasteiger partial charge in [-0.15, -0.1) is 0 Å². The number of carbonyl (C=O) groups excluding carboxylic acids is 1. The van der Waals surface area contributed by atoms with Crippen LogP contribution in [0.1, 0.15) is 18.9 Å². The second-order valence-corrected chi connectivity index (χ2v) is 4.68. The molecule has 0 radical (unpaired) electrons. The summed E-state index contributed by atoms with van der Waals surface area (Å²) >= 11 is 0. The molecule has 1 aliphatic carbocycles. The van der Waals surface area contributed by atoms with Gasteiger partial charge in [0.15, 0.2) is 0 Å². The van der Waals surface area contributed by atoms with E-state index in [2.05, 4.69) is 0 Å². The van der Waals surface area contributed by atoms with Gasteiger partial charge in [0.05, 0.1) is 18.0 Å². The fourth-order valence-electron chi connectivity index (χ4n) is 1.90. The van der Waals surface area contributed by atoms with Gasteiger partial charge in [-0.2, -0.15) is 0 Å². The van der Waals surface area contributed by atoms with Crippen LogP contribution in [0.15, 0.2) is 18.2 Å². The molecule has 1 aromatic rings. The maximum absolute atomic E-state index is 11.6. The molecule has 102 valence electrons. The molecule has 0 bridgehead atoms. The predicted molar refractivity (Wildman–Crippen MR) is 66.7 cm³/mol. The number of ether oxygens (including phenoxy) is 2. The third kappa shape index (κ3) is 3.01. The van der Waals surface area contributed by atoms with Crippen molar-refractivity contribution in [1.29, 1.82) is 0 Å². The summed E-state index contributed by atoms with van der Waals surface area (Å²) < 4.78 is 10.3. The van der Waals surface area contributed by atoms with Crippen LogP contribution in [0.2, 0.25) is 0 Å². The normalized spacial score (nSPS) is 20.7. The topological polar surface area (TPSA) is 78.7 Å². The molecular weight excluding hydrogens is 250 g/mol. The zero-order valence-corrected chi connectivity index (χ0v) is 10.8. The Bertz CT molecular complexity index is 514. The number of rotatable bonds is 5. The van der Waals surface area contributed by atoms with Crippen LogP contribution in [0.5, 0.6) is 5.75 Å². The summed E-state index contributed by atoms with van der Waals surface area (Å²) in [5.41, 5.74) is 0.449. The molecule has 0 saturated heterocycles. The van der Waals surface area contributed by atoms with Crippen LogP contribution in [-0.2, 0) is 16.1 Å². The largest absolute Gasteiger partial charge is 0.496 e. The summed E-state index contributed by atoms with van der Waals surface area (Å²) in [6.07, 6.45) is 0.852. The summed E-state index contributed by atoms with van der Waals surface area (Å²) in [5, 5.41) is 10.7. The predicted octanol–water partition coefficient (Wildman–Crippen LogP) is 2.30. The van der Waals surface area contributed by atoms with E-state index in [-0.39, 0.29) is 24.2 Å². The molecule has 6 heteroatoms. The van der Waals surface area contributed by atoms with E-state index in [0.717, 1.165) is 6.42 Å². The van der Waals surface area contributed by atoms with Gasteiger partial charge in [-0.05, 0) is 18.4 Å². The van der Waals surface area contributed by atoms with Crippen LogP contribution in [-0.4, -0.2) is 18.0 Å². The first-order valence-corrected chi connectivity index (χ1v) is 6.01. The van der Waals surface area contributed by atoms with Gasteiger partial charge >= 0.3 is 5.97 Å². The summed E-state index contributed by atoms with van der Waals surface area (Å²) in [7, 11) is 1.47. The number of hydrogen-bond acceptors (Lipinski definition) is 5. The SMILES string of the molecule is COc1ccc([N+](=O)[O-])cc1COC(=O)[C@@H]1C[C@H]1C. The molecule has 2 atom stereocenters. The highest BCUT2D eigenvalue weighted by molar-refractivity contribution is 5.75. The van der Waals surface area contributed by atoms with Gasteiger partial charge in [0.1, 0.15) is 12.4 Å². The lowest BCUT2D eigenvalue weighted by atomic mass is 10.2. The molecule has 0 spiro atoms. The van der Waals surface area contributed by atoms with E-state index in [1.807, 2.05) is 6.92 Å². The van der Waals surface area contributed by atoms with Gasteiger partial charge in [-0.25, -0.2) is 0 Å². The Morgan fingerprint density at radius 1 is 1.53 bits per heavy atom. The van der Waals surface area contributed by atoms with Crippen molar-refractivity contribution in [3.8, 4) is 5.75 Å². The smallest absolute Gasteiger partial charge is 0.309 e. The van der Waals surface area contributed by atoms with E-state index in [1.165, 1.54) is 25.3 Å². The number of hydrogen-bond donors (Lipinski definition) is 0. The second-order valence-electron chi connectivity index (χ2n) is 4.68. The Balaban J connectivity index is 2.07. The van der Waals surface area contributed by atoms with Gasteiger partial charge in [0.25, 0.3) is 5.69 Å². The Kier molecular flexibility index (Phi) is 3.69. The van der Waals surface area contributed by atoms with Crippen LogP contribution in [0.25, 0.3) is 0 Å². The summed E-state index contributed by atoms with van der Waals surface area (Å²) in [6.45, 7) is 1.98. The molecule has 0 heterocycles. The number of methoxy groups -OCH3 is 1. The minimum absolute atomic E-state index is 0.00704. The number of non-ortho nitro benzene ring substituents is 1. The Labute approximate surface area is 110 Å². The number of nitro groups is 1. The molecule has 2 rings (SSSR count). The van der Waals surface area contributed by atoms with Crippen molar-refractivity contribution in [2.75, 3.05) is 7.11 Å². The van der Waals surface area contributed by atoms with Crippen molar-refractivity contribution >= 4 is 11.7 Å². The lowest BCUT2D eigenvalue weighted by Crippen LogP contribution is -2.08. The van der Waals surface area contributed by atoms with Crippen molar-refractivity contribution in [3.63, 3.8) is 0 Å². The van der Waals surface area contributed by atoms with Crippen LogP contribution in [0.4, 0.5) is 5.69 Å². The first-order chi connectivity index (χ1) is 9.02. The lowest BCUT2D eigenvalue weighted by molar-refractivity contribution is -0.385. The minimum Gasteiger partial charge on any atom is -0.496 e. The Morgan fingerprint density at radius 3 is 2.74 bits per heavy atom. The second kappa shape index (κ2) is 5.26. The van der Waals surface area contributed by atoms with Gasteiger partial charge < -0.3 is 9.47 Å². The third-order valence-electron chi connectivity index (χ3n) is 3.26. The quantitative estimate of drug-likeness (QED) is 0.463. The number of nitrogens with zero attached hydrogens (tertiary/aromatic N) is 1. The zero-order valence-electron chi connectivity index (χ0n) is 10.8. The van der Waals surface area contributed by atoms with Crippen molar-refractivity contribution in [1.82, 2.24) is 0 Å². The molecular formula is C13H15NO5. The summed E-state index contributed by atoms with van der Waals surface area (Å²) in [4.78, 5) is 21.8. The van der Waals surface area contributed by atoms with E-state index < -0.39 is 4.92 Å². The first-order valence-electron chi connectivity index (χ1n) is 6.01. The van der Waals surface area contributed by atoms with E-state index in [9.17, 15) is 14.9 Å². The van der Waals surface area contributed by atoms with Crippen LogP contribution in [0.3, 0.4) is 0 Å². The fraction of sp³-hybridized carbons (Fsp3) is 0.462. The maximum Gasteiger partial charge on any atom is 0.309 e. The standard InChI is InChI=1S/C13H15NO5/c1-8-5-11(8)13(15)19-7-9-6-10(14(16)17)3-4-12(9)18-2/h3-4,6,8,11H,5,7H2,1-2H3/t8-,11-/m1/s1. The van der Waals surface area contributed by atoms with Gasteiger partial charge in [-0.3, -0.25) is 14.9 Å². The van der Waals surface area contributed by atoms with E-state index in [1.54, 1.807) is 0 Å². The van der Waals surface area contributed by atoms with Crippen molar-refractivity contribution in [2.24, 2.45) is 11.8 Å². The number of benzene rings is 1. The molecule has 0 N–H and O–H groups in total. The van der Waals surface area contributed by atoms with E-state index in [0.29, 0.717) is 17.2 Å². The molecule has 19 heavy (non-hydrogen) atoms. The van der Waals surface area contributed by atoms with Gasteiger partial charge in [0, 0.05) is 17.7 Å². The highest BCUT2D eigenvalue weighted by Crippen LogP contribution is 2.39. The highest BCUT2D eigenvalue weighted by Gasteiger charge is 2.40. The number of carbonyl (C=O) groups is 1. The van der Waals surface area contributed by atoms with Crippen molar-refractivity contribution in [3.05, 3.63) is 33.9 Å². The molecule has 0 unspecified atom stereocenters. The monoisotopic (exact) mass is 265 g/mol. The molecule has 1 aromatic carbocycles. The van der Waals surface area contributed by atoms with Crippen molar-refractivity contribution in [2.45, 2.75) is 20.0 Å². The van der Waals surface area contributed by atoms with E-state index >= 15 is 0 Å². The average Bonchev–Trinajstić information content (AvgIpc) is 3.12. The number of esters is 1. The minimum atomic E-state index is -0.492. The molecule has 0 aromatic heterocycles.